The first kappa shape index (κ1) is 9.86. The number of primary amides is 1. The zero-order valence-corrected chi connectivity index (χ0v) is 8.17. The molecule has 1 amide bonds. The van der Waals surface area contributed by atoms with Crippen LogP contribution in [0.25, 0.3) is 0 Å². The lowest BCUT2D eigenvalue weighted by atomic mass is 10.2. The fourth-order valence-electron chi connectivity index (χ4n) is 0.863. The molecule has 0 unspecified atom stereocenters. The molecular weight excluding hydrogens is 182 g/mol. The molecule has 2 N–H and O–H groups in total. The topological polar surface area (TPSA) is 43.1 Å². The predicted molar refractivity (Wildman–Crippen MR) is 55.4 cm³/mol. The second-order valence-electron chi connectivity index (χ2n) is 2.59. The monoisotopic (exact) mass is 193 g/mol. The maximum absolute atomic E-state index is 10.4. The van der Waals surface area contributed by atoms with Crippen LogP contribution in [0.1, 0.15) is 5.56 Å². The normalized spacial score (nSPS) is 10.5. The minimum Gasteiger partial charge on any atom is -0.366 e. The molecule has 0 fully saturated rings. The fourth-order valence-corrected chi connectivity index (χ4v) is 1.62. The molecule has 2 nitrogen and oxygen atoms in total. The Kier molecular flexibility index (Phi) is 3.58. The van der Waals surface area contributed by atoms with Crippen LogP contribution in [-0.4, -0.2) is 5.91 Å². The van der Waals surface area contributed by atoms with Crippen molar-refractivity contribution in [1.82, 2.24) is 0 Å². The van der Waals surface area contributed by atoms with E-state index >= 15 is 0 Å². The van der Waals surface area contributed by atoms with E-state index < -0.39 is 5.91 Å². The Labute approximate surface area is 81.8 Å². The van der Waals surface area contributed by atoms with Gasteiger partial charge in [0, 0.05) is 11.0 Å². The lowest BCUT2D eigenvalue weighted by molar-refractivity contribution is -0.113. The van der Waals surface area contributed by atoms with Crippen molar-refractivity contribution in [2.45, 2.75) is 11.8 Å². The van der Waals surface area contributed by atoms with Gasteiger partial charge in [0.1, 0.15) is 0 Å². The molecule has 0 saturated carbocycles. The summed E-state index contributed by atoms with van der Waals surface area (Å²) in [7, 11) is 0. The second-order valence-corrected chi connectivity index (χ2v) is 3.54. The quantitative estimate of drug-likeness (QED) is 0.590. The van der Waals surface area contributed by atoms with Crippen molar-refractivity contribution in [1.29, 1.82) is 0 Å². The average molecular weight is 193 g/mol. The van der Waals surface area contributed by atoms with Crippen molar-refractivity contribution in [3.63, 3.8) is 0 Å². The van der Waals surface area contributed by atoms with Gasteiger partial charge in [0.15, 0.2) is 0 Å². The third-order valence-electron chi connectivity index (χ3n) is 1.52. The number of carbonyl (C=O) groups excluding carboxylic acids is 1. The first-order valence-corrected chi connectivity index (χ1v) is 4.76. The third-order valence-corrected chi connectivity index (χ3v) is 2.51. The van der Waals surface area contributed by atoms with Crippen molar-refractivity contribution >= 4 is 17.7 Å². The smallest absolute Gasteiger partial charge is 0.241 e. The van der Waals surface area contributed by atoms with Gasteiger partial charge in [-0.25, -0.2) is 0 Å². The van der Waals surface area contributed by atoms with Gasteiger partial charge in [-0.15, -0.1) is 0 Å². The van der Waals surface area contributed by atoms with Crippen LogP contribution in [0.2, 0.25) is 0 Å². The Morgan fingerprint density at radius 1 is 1.46 bits per heavy atom. The van der Waals surface area contributed by atoms with Crippen LogP contribution >= 0.6 is 11.8 Å². The molecule has 68 valence electrons. The van der Waals surface area contributed by atoms with E-state index in [-0.39, 0.29) is 0 Å². The number of aryl methyl sites for hydroxylation is 1. The Morgan fingerprint density at radius 3 is 2.77 bits per heavy atom. The fraction of sp³-hybridized carbons (Fsp3) is 0.100. The maximum atomic E-state index is 10.4. The molecule has 0 aromatic heterocycles. The van der Waals surface area contributed by atoms with Crippen molar-refractivity contribution in [2.24, 2.45) is 5.73 Å². The highest BCUT2D eigenvalue weighted by Gasteiger charge is 1.93. The van der Waals surface area contributed by atoms with E-state index in [0.717, 1.165) is 4.90 Å². The summed E-state index contributed by atoms with van der Waals surface area (Å²) < 4.78 is 0. The highest BCUT2D eigenvalue weighted by atomic mass is 32.2. The van der Waals surface area contributed by atoms with Gasteiger partial charge in [0.05, 0.1) is 0 Å². The standard InChI is InChI=1S/C10H11NOS/c1-8-4-2-3-5-9(8)13-7-6-10(11)12/h2-7H,1H3,(H2,11,12)/b7-6-. The lowest BCUT2D eigenvalue weighted by Crippen LogP contribution is -2.04. The van der Waals surface area contributed by atoms with Crippen LogP contribution in [0, 0.1) is 6.92 Å². The summed E-state index contributed by atoms with van der Waals surface area (Å²) in [5, 5.41) is 1.70. The van der Waals surface area contributed by atoms with Crippen LogP contribution in [0.15, 0.2) is 40.6 Å². The highest BCUT2D eigenvalue weighted by molar-refractivity contribution is 8.02. The summed E-state index contributed by atoms with van der Waals surface area (Å²) in [5.74, 6) is -0.416. The number of rotatable bonds is 3. The Hall–Kier alpha value is -1.22. The van der Waals surface area contributed by atoms with Gasteiger partial charge in [-0.2, -0.15) is 0 Å². The minimum absolute atomic E-state index is 0.416. The van der Waals surface area contributed by atoms with E-state index in [4.69, 9.17) is 5.73 Å². The molecule has 0 aliphatic carbocycles. The highest BCUT2D eigenvalue weighted by Crippen LogP contribution is 2.22. The molecule has 1 aromatic rings. The second kappa shape index (κ2) is 4.72. The SMILES string of the molecule is Cc1ccccc1S/C=C\C(N)=O. The molecule has 0 saturated heterocycles. The molecular formula is C10H11NOS. The zero-order chi connectivity index (χ0) is 9.68. The van der Waals surface area contributed by atoms with Crippen molar-refractivity contribution < 1.29 is 4.79 Å². The number of amides is 1. The summed E-state index contributed by atoms with van der Waals surface area (Å²) in [6.07, 6.45) is 1.36. The van der Waals surface area contributed by atoms with E-state index in [9.17, 15) is 4.79 Å². The molecule has 0 spiro atoms. The molecule has 0 radical (unpaired) electrons. The largest absolute Gasteiger partial charge is 0.366 e. The van der Waals surface area contributed by atoms with E-state index in [1.165, 1.54) is 23.4 Å². The third kappa shape index (κ3) is 3.34. The molecule has 0 aliphatic heterocycles. The minimum atomic E-state index is -0.416. The Bertz CT molecular complexity index is 333. The van der Waals surface area contributed by atoms with Crippen LogP contribution in [0.5, 0.6) is 0 Å². The number of hydrogen-bond acceptors (Lipinski definition) is 2. The van der Waals surface area contributed by atoms with Crippen molar-refractivity contribution in [3.05, 3.63) is 41.3 Å². The van der Waals surface area contributed by atoms with Crippen LogP contribution < -0.4 is 5.73 Å². The van der Waals surface area contributed by atoms with E-state index in [1.54, 1.807) is 5.41 Å². The molecule has 3 heteroatoms. The maximum Gasteiger partial charge on any atom is 0.241 e. The Morgan fingerprint density at radius 2 is 2.15 bits per heavy atom. The van der Waals surface area contributed by atoms with Crippen LogP contribution in [0.3, 0.4) is 0 Å². The first-order valence-electron chi connectivity index (χ1n) is 3.88. The van der Waals surface area contributed by atoms with Crippen molar-refractivity contribution in [3.8, 4) is 0 Å². The van der Waals surface area contributed by atoms with Gasteiger partial charge in [0.2, 0.25) is 5.91 Å². The number of carbonyl (C=O) groups is 1. The number of thioether (sulfide) groups is 1. The molecule has 1 rings (SSSR count). The summed E-state index contributed by atoms with van der Waals surface area (Å²) in [4.78, 5) is 11.5. The molecule has 0 aliphatic rings. The van der Waals surface area contributed by atoms with Crippen LogP contribution in [0.4, 0.5) is 0 Å². The first-order chi connectivity index (χ1) is 6.20. The van der Waals surface area contributed by atoms with Gasteiger partial charge in [0.25, 0.3) is 0 Å². The summed E-state index contributed by atoms with van der Waals surface area (Å²) >= 11 is 1.49. The molecule has 1 aromatic carbocycles. The number of nitrogens with two attached hydrogens (primary N) is 1. The summed E-state index contributed by atoms with van der Waals surface area (Å²) in [5.41, 5.74) is 6.15. The molecule has 13 heavy (non-hydrogen) atoms. The molecule has 0 bridgehead atoms. The van der Waals surface area contributed by atoms with Gasteiger partial charge in [-0.1, -0.05) is 30.0 Å². The zero-order valence-electron chi connectivity index (χ0n) is 7.36. The molecule has 0 heterocycles. The average Bonchev–Trinajstić information content (AvgIpc) is 2.08. The summed E-state index contributed by atoms with van der Waals surface area (Å²) in [6, 6.07) is 7.98. The number of benzene rings is 1. The number of hydrogen-bond donors (Lipinski definition) is 1. The van der Waals surface area contributed by atoms with E-state index in [2.05, 4.69) is 0 Å². The Balaban J connectivity index is 2.64. The van der Waals surface area contributed by atoms with Crippen molar-refractivity contribution in [2.75, 3.05) is 0 Å². The predicted octanol–water partition coefficient (Wildman–Crippen LogP) is 2.09. The lowest BCUT2D eigenvalue weighted by Gasteiger charge is -1.99. The van der Waals surface area contributed by atoms with E-state index in [1.807, 2.05) is 31.2 Å². The summed E-state index contributed by atoms with van der Waals surface area (Å²) in [6.45, 7) is 2.03. The van der Waals surface area contributed by atoms with Gasteiger partial charge >= 0.3 is 0 Å². The molecule has 0 atom stereocenters. The van der Waals surface area contributed by atoms with Crippen LogP contribution in [-0.2, 0) is 4.79 Å². The van der Waals surface area contributed by atoms with E-state index in [0.29, 0.717) is 0 Å². The van der Waals surface area contributed by atoms with Gasteiger partial charge in [-0.05, 0) is 24.0 Å². The van der Waals surface area contributed by atoms with Gasteiger partial charge in [-0.3, -0.25) is 4.79 Å². The van der Waals surface area contributed by atoms with Gasteiger partial charge < -0.3 is 5.73 Å².